The highest BCUT2D eigenvalue weighted by Crippen LogP contribution is 2.52. The number of nitrogens with zero attached hydrogens (tertiary/aromatic N) is 3. The van der Waals surface area contributed by atoms with E-state index in [-0.39, 0.29) is 35.5 Å². The number of hydrogen-bond acceptors (Lipinski definition) is 4. The molecular weight excluding hydrogens is 342 g/mol. The van der Waals surface area contributed by atoms with Crippen LogP contribution >= 0.6 is 0 Å². The predicted octanol–water partition coefficient (Wildman–Crippen LogP) is 0.596. The summed E-state index contributed by atoms with van der Waals surface area (Å²) in [5, 5.41) is 6.43. The zero-order valence-corrected chi connectivity index (χ0v) is 15.5. The summed E-state index contributed by atoms with van der Waals surface area (Å²) in [4.78, 5) is 35.0. The number of aromatic nitrogens is 1. The molecule has 7 nitrogen and oxygen atoms in total. The molecule has 0 aromatic carbocycles. The standard InChI is InChI=1S/C20H25N5O2/c1-21-20(23-8-6-13-3-2-7-22-12-13)24-9-10-25-18(26)16-14-4-5-15(11-14)17(16)19(25)27/h2-5,7,12,14-17H,6,8-11H2,1H3,(H2,21,23,24). The molecule has 1 aliphatic heterocycles. The molecule has 0 spiro atoms. The molecule has 2 fully saturated rings. The third kappa shape index (κ3) is 3.34. The number of rotatable bonds is 6. The molecule has 2 amide bonds. The van der Waals surface area contributed by atoms with Crippen LogP contribution in [0.4, 0.5) is 0 Å². The van der Waals surface area contributed by atoms with Crippen molar-refractivity contribution in [3.05, 3.63) is 42.2 Å². The molecule has 2 aliphatic carbocycles. The number of amides is 2. The van der Waals surface area contributed by atoms with Gasteiger partial charge in [-0.05, 0) is 36.3 Å². The van der Waals surface area contributed by atoms with Gasteiger partial charge in [-0.25, -0.2) is 0 Å². The topological polar surface area (TPSA) is 86.7 Å². The van der Waals surface area contributed by atoms with E-state index >= 15 is 0 Å². The summed E-state index contributed by atoms with van der Waals surface area (Å²) in [5.74, 6) is 0.952. The number of imide groups is 1. The number of aliphatic imine (C=N–C) groups is 1. The molecule has 4 atom stereocenters. The van der Waals surface area contributed by atoms with Crippen LogP contribution in [0.15, 0.2) is 41.7 Å². The van der Waals surface area contributed by atoms with Crippen LogP contribution in [0.3, 0.4) is 0 Å². The SMILES string of the molecule is CN=C(NCCc1cccnc1)NCCN1C(=O)C2C3C=CC(C3)C2C1=O. The van der Waals surface area contributed by atoms with Crippen molar-refractivity contribution in [2.24, 2.45) is 28.7 Å². The maximum absolute atomic E-state index is 12.7. The molecule has 1 saturated carbocycles. The van der Waals surface area contributed by atoms with Gasteiger partial charge in [0.1, 0.15) is 0 Å². The monoisotopic (exact) mass is 367 g/mol. The predicted molar refractivity (Wildman–Crippen MR) is 102 cm³/mol. The van der Waals surface area contributed by atoms with E-state index < -0.39 is 0 Å². The molecule has 3 aliphatic rings. The second-order valence-corrected chi connectivity index (χ2v) is 7.37. The van der Waals surface area contributed by atoms with Gasteiger partial charge < -0.3 is 10.6 Å². The minimum atomic E-state index is -0.121. The molecule has 1 aromatic rings. The number of likely N-dealkylation sites (tertiary alicyclic amines) is 1. The molecule has 4 unspecified atom stereocenters. The fourth-order valence-electron chi connectivity index (χ4n) is 4.56. The van der Waals surface area contributed by atoms with E-state index in [0.717, 1.165) is 24.9 Å². The second kappa shape index (κ2) is 7.50. The van der Waals surface area contributed by atoms with Crippen LogP contribution in [-0.4, -0.2) is 54.3 Å². The quantitative estimate of drug-likeness (QED) is 0.333. The smallest absolute Gasteiger partial charge is 0.233 e. The molecule has 2 bridgehead atoms. The number of hydrogen-bond donors (Lipinski definition) is 2. The van der Waals surface area contributed by atoms with Crippen molar-refractivity contribution in [2.45, 2.75) is 12.8 Å². The highest BCUT2D eigenvalue weighted by molar-refractivity contribution is 6.06. The Bertz CT molecular complexity index is 746. The van der Waals surface area contributed by atoms with E-state index in [2.05, 4.69) is 32.8 Å². The Morgan fingerprint density at radius 1 is 1.19 bits per heavy atom. The lowest BCUT2D eigenvalue weighted by molar-refractivity contribution is -0.140. The van der Waals surface area contributed by atoms with Crippen molar-refractivity contribution in [1.82, 2.24) is 20.5 Å². The summed E-state index contributed by atoms with van der Waals surface area (Å²) in [7, 11) is 1.71. The first-order chi connectivity index (χ1) is 13.2. The lowest BCUT2D eigenvalue weighted by atomic mass is 9.85. The first kappa shape index (κ1) is 17.7. The number of carbonyl (C=O) groups excluding carboxylic acids is 2. The number of carbonyl (C=O) groups is 2. The number of allylic oxidation sites excluding steroid dienone is 2. The molecule has 142 valence electrons. The van der Waals surface area contributed by atoms with E-state index in [4.69, 9.17) is 0 Å². The van der Waals surface area contributed by atoms with Crippen LogP contribution in [0.25, 0.3) is 0 Å². The van der Waals surface area contributed by atoms with Crippen molar-refractivity contribution in [2.75, 3.05) is 26.7 Å². The lowest BCUT2D eigenvalue weighted by Crippen LogP contribution is -2.44. The van der Waals surface area contributed by atoms with Gasteiger partial charge in [-0.2, -0.15) is 0 Å². The van der Waals surface area contributed by atoms with Gasteiger partial charge in [-0.1, -0.05) is 18.2 Å². The first-order valence-corrected chi connectivity index (χ1v) is 9.56. The minimum Gasteiger partial charge on any atom is -0.356 e. The zero-order chi connectivity index (χ0) is 18.8. The Balaban J connectivity index is 1.23. The fraction of sp³-hybridized carbons (Fsp3) is 0.500. The van der Waals surface area contributed by atoms with Gasteiger partial charge in [0, 0.05) is 39.1 Å². The summed E-state index contributed by atoms with van der Waals surface area (Å²) >= 11 is 0. The molecule has 4 rings (SSSR count). The highest BCUT2D eigenvalue weighted by atomic mass is 16.2. The lowest BCUT2D eigenvalue weighted by Gasteiger charge is -2.18. The van der Waals surface area contributed by atoms with Gasteiger partial charge in [0.15, 0.2) is 5.96 Å². The summed E-state index contributed by atoms with van der Waals surface area (Å²) in [6, 6.07) is 3.96. The summed E-state index contributed by atoms with van der Waals surface area (Å²) < 4.78 is 0. The largest absolute Gasteiger partial charge is 0.356 e. The summed E-state index contributed by atoms with van der Waals surface area (Å²) in [6.07, 6.45) is 9.65. The maximum atomic E-state index is 12.7. The Morgan fingerprint density at radius 2 is 1.89 bits per heavy atom. The van der Waals surface area contributed by atoms with Crippen molar-refractivity contribution in [1.29, 1.82) is 0 Å². The third-order valence-electron chi connectivity index (χ3n) is 5.84. The van der Waals surface area contributed by atoms with Gasteiger partial charge in [0.05, 0.1) is 11.8 Å². The Labute approximate surface area is 158 Å². The van der Waals surface area contributed by atoms with Crippen molar-refractivity contribution < 1.29 is 9.59 Å². The van der Waals surface area contributed by atoms with Crippen LogP contribution in [-0.2, 0) is 16.0 Å². The number of fused-ring (bicyclic) bond motifs is 5. The zero-order valence-electron chi connectivity index (χ0n) is 15.5. The van der Waals surface area contributed by atoms with Crippen LogP contribution in [0.1, 0.15) is 12.0 Å². The van der Waals surface area contributed by atoms with Crippen molar-refractivity contribution >= 4 is 17.8 Å². The molecule has 7 heteroatoms. The summed E-state index contributed by atoms with van der Waals surface area (Å²) in [5.41, 5.74) is 1.16. The maximum Gasteiger partial charge on any atom is 0.233 e. The van der Waals surface area contributed by atoms with Crippen LogP contribution in [0.5, 0.6) is 0 Å². The van der Waals surface area contributed by atoms with Crippen LogP contribution < -0.4 is 10.6 Å². The molecular formula is C20H25N5O2. The normalized spacial score (nSPS) is 28.8. The highest BCUT2D eigenvalue weighted by Gasteiger charge is 2.58. The second-order valence-electron chi connectivity index (χ2n) is 7.37. The van der Waals surface area contributed by atoms with Gasteiger partial charge in [0.25, 0.3) is 0 Å². The number of guanidine groups is 1. The third-order valence-corrected chi connectivity index (χ3v) is 5.84. The van der Waals surface area contributed by atoms with Gasteiger partial charge in [-0.15, -0.1) is 0 Å². The molecule has 2 heterocycles. The van der Waals surface area contributed by atoms with Crippen molar-refractivity contribution in [3.63, 3.8) is 0 Å². The first-order valence-electron chi connectivity index (χ1n) is 9.56. The Hall–Kier alpha value is -2.70. The van der Waals surface area contributed by atoms with E-state index in [0.29, 0.717) is 19.0 Å². The summed E-state index contributed by atoms with van der Waals surface area (Å²) in [6.45, 7) is 1.60. The molecule has 1 aromatic heterocycles. The van der Waals surface area contributed by atoms with Crippen LogP contribution in [0.2, 0.25) is 0 Å². The van der Waals surface area contributed by atoms with E-state index in [1.807, 2.05) is 18.3 Å². The Morgan fingerprint density at radius 3 is 2.52 bits per heavy atom. The molecule has 27 heavy (non-hydrogen) atoms. The van der Waals surface area contributed by atoms with Gasteiger partial charge >= 0.3 is 0 Å². The number of pyridine rings is 1. The number of nitrogens with one attached hydrogen (secondary N) is 2. The molecule has 0 radical (unpaired) electrons. The van der Waals surface area contributed by atoms with Crippen molar-refractivity contribution in [3.8, 4) is 0 Å². The van der Waals surface area contributed by atoms with Gasteiger partial charge in [0.2, 0.25) is 11.8 Å². The average Bonchev–Trinajstić information content (AvgIpc) is 3.37. The van der Waals surface area contributed by atoms with E-state index in [1.165, 1.54) is 4.90 Å². The Kier molecular flexibility index (Phi) is 4.92. The molecule has 1 saturated heterocycles. The molecule has 2 N–H and O–H groups in total. The van der Waals surface area contributed by atoms with E-state index in [9.17, 15) is 9.59 Å². The fourth-order valence-corrected chi connectivity index (χ4v) is 4.56. The average molecular weight is 367 g/mol. The van der Waals surface area contributed by atoms with Crippen LogP contribution in [0, 0.1) is 23.7 Å². The van der Waals surface area contributed by atoms with E-state index in [1.54, 1.807) is 13.2 Å². The van der Waals surface area contributed by atoms with Gasteiger partial charge in [-0.3, -0.25) is 24.5 Å². The minimum absolute atomic E-state index is 0.00294.